The molecule has 162 valence electrons. The minimum atomic E-state index is -0.656. The molecule has 2 aliphatic rings. The fraction of sp³-hybridized carbons (Fsp3) is 0.708. The first-order chi connectivity index (χ1) is 14.2. The number of rotatable bonds is 9. The van der Waals surface area contributed by atoms with Crippen LogP contribution in [-0.2, 0) is 9.53 Å². The number of hydrogen-bond donors (Lipinski definition) is 1. The highest BCUT2D eigenvalue weighted by Gasteiger charge is 2.40. The average Bonchev–Trinajstić information content (AvgIpc) is 3.03. The standard InChI is InChI=1S/C24H38N2O3/c1-2-19-29-24(14-6-5-7-15-24)23(27)25-21-10-12-22(13-11-21)28-20-18-26-16-8-3-4-9-17-26/h10-13H,2-9,14-20H2,1H3,(H,25,27). The first kappa shape index (κ1) is 22.1. The fourth-order valence-corrected chi connectivity index (χ4v) is 4.39. The Morgan fingerprint density at radius 3 is 2.28 bits per heavy atom. The van der Waals surface area contributed by atoms with Gasteiger partial charge in [0, 0.05) is 18.8 Å². The molecule has 5 heteroatoms. The van der Waals surface area contributed by atoms with Gasteiger partial charge in [-0.1, -0.05) is 39.0 Å². The molecule has 0 spiro atoms. The third kappa shape index (κ3) is 6.71. The summed E-state index contributed by atoms with van der Waals surface area (Å²) in [5.41, 5.74) is 0.149. The van der Waals surface area contributed by atoms with Crippen molar-refractivity contribution in [2.24, 2.45) is 0 Å². The zero-order valence-corrected chi connectivity index (χ0v) is 18.1. The molecular formula is C24H38N2O3. The number of anilines is 1. The average molecular weight is 403 g/mol. The second-order valence-electron chi connectivity index (χ2n) is 8.49. The van der Waals surface area contributed by atoms with Crippen molar-refractivity contribution in [1.82, 2.24) is 4.90 Å². The number of benzene rings is 1. The summed E-state index contributed by atoms with van der Waals surface area (Å²) < 4.78 is 12.0. The molecule has 1 aromatic rings. The van der Waals surface area contributed by atoms with Gasteiger partial charge in [-0.2, -0.15) is 0 Å². The van der Waals surface area contributed by atoms with E-state index in [1.54, 1.807) is 0 Å². The largest absolute Gasteiger partial charge is 0.492 e. The summed E-state index contributed by atoms with van der Waals surface area (Å²) in [5.74, 6) is 0.855. The maximum Gasteiger partial charge on any atom is 0.256 e. The maximum atomic E-state index is 13.0. The van der Waals surface area contributed by atoms with Crippen LogP contribution in [0.25, 0.3) is 0 Å². The van der Waals surface area contributed by atoms with E-state index in [1.807, 2.05) is 24.3 Å². The van der Waals surface area contributed by atoms with Gasteiger partial charge < -0.3 is 14.8 Å². The van der Waals surface area contributed by atoms with E-state index in [2.05, 4.69) is 17.1 Å². The van der Waals surface area contributed by atoms with Crippen LogP contribution in [0.15, 0.2) is 24.3 Å². The van der Waals surface area contributed by atoms with Crippen molar-refractivity contribution in [1.29, 1.82) is 0 Å². The molecule has 5 nitrogen and oxygen atoms in total. The quantitative estimate of drug-likeness (QED) is 0.631. The Morgan fingerprint density at radius 1 is 0.966 bits per heavy atom. The van der Waals surface area contributed by atoms with Crippen molar-refractivity contribution in [2.75, 3.05) is 38.2 Å². The van der Waals surface area contributed by atoms with Crippen LogP contribution in [0.3, 0.4) is 0 Å². The van der Waals surface area contributed by atoms with E-state index in [-0.39, 0.29) is 5.91 Å². The normalized spacial score (nSPS) is 20.0. The number of carbonyl (C=O) groups is 1. The van der Waals surface area contributed by atoms with Gasteiger partial charge in [-0.25, -0.2) is 0 Å². The van der Waals surface area contributed by atoms with E-state index in [1.165, 1.54) is 45.2 Å². The van der Waals surface area contributed by atoms with Crippen LogP contribution in [0.5, 0.6) is 5.75 Å². The number of amides is 1. The van der Waals surface area contributed by atoms with Crippen LogP contribution in [0.4, 0.5) is 5.69 Å². The third-order valence-electron chi connectivity index (χ3n) is 6.14. The maximum absolute atomic E-state index is 13.0. The molecule has 29 heavy (non-hydrogen) atoms. The third-order valence-corrected chi connectivity index (χ3v) is 6.14. The summed E-state index contributed by atoms with van der Waals surface area (Å²) in [4.78, 5) is 15.5. The number of hydrogen-bond acceptors (Lipinski definition) is 4. The molecular weight excluding hydrogens is 364 g/mol. The van der Waals surface area contributed by atoms with E-state index in [0.29, 0.717) is 13.2 Å². The van der Waals surface area contributed by atoms with Gasteiger partial charge in [0.05, 0.1) is 0 Å². The van der Waals surface area contributed by atoms with Crippen molar-refractivity contribution in [3.05, 3.63) is 24.3 Å². The lowest BCUT2D eigenvalue weighted by molar-refractivity contribution is -0.146. The number of ether oxygens (including phenoxy) is 2. The lowest BCUT2D eigenvalue weighted by atomic mass is 9.83. The molecule has 2 fully saturated rings. The van der Waals surface area contributed by atoms with Crippen LogP contribution in [0.1, 0.15) is 71.1 Å². The molecule has 1 aliphatic carbocycles. The minimum absolute atomic E-state index is 0.000446. The van der Waals surface area contributed by atoms with Crippen LogP contribution >= 0.6 is 0 Å². The van der Waals surface area contributed by atoms with Gasteiger partial charge in [0.15, 0.2) is 0 Å². The predicted octanol–water partition coefficient (Wildman–Crippen LogP) is 5.01. The second kappa shape index (κ2) is 11.6. The van der Waals surface area contributed by atoms with Crippen molar-refractivity contribution < 1.29 is 14.3 Å². The molecule has 0 aromatic heterocycles. The molecule has 1 amide bonds. The number of nitrogens with one attached hydrogen (secondary N) is 1. The molecule has 1 heterocycles. The Kier molecular flexibility index (Phi) is 8.81. The van der Waals surface area contributed by atoms with Crippen LogP contribution in [0.2, 0.25) is 0 Å². The van der Waals surface area contributed by atoms with Gasteiger partial charge in [0.25, 0.3) is 5.91 Å². The summed E-state index contributed by atoms with van der Waals surface area (Å²) in [6, 6.07) is 7.74. The van der Waals surface area contributed by atoms with E-state index in [0.717, 1.165) is 50.1 Å². The molecule has 1 saturated carbocycles. The van der Waals surface area contributed by atoms with Crippen LogP contribution in [-0.4, -0.2) is 49.3 Å². The number of carbonyl (C=O) groups excluding carboxylic acids is 1. The molecule has 0 radical (unpaired) electrons. The summed E-state index contributed by atoms with van der Waals surface area (Å²) >= 11 is 0. The van der Waals surface area contributed by atoms with E-state index in [4.69, 9.17) is 9.47 Å². The molecule has 1 aliphatic heterocycles. The van der Waals surface area contributed by atoms with E-state index < -0.39 is 5.60 Å². The Bertz CT molecular complexity index is 603. The Morgan fingerprint density at radius 2 is 1.62 bits per heavy atom. The first-order valence-electron chi connectivity index (χ1n) is 11.6. The summed E-state index contributed by atoms with van der Waals surface area (Å²) in [5, 5.41) is 3.08. The van der Waals surface area contributed by atoms with Crippen LogP contribution < -0.4 is 10.1 Å². The molecule has 1 N–H and O–H groups in total. The van der Waals surface area contributed by atoms with E-state index in [9.17, 15) is 4.79 Å². The second-order valence-corrected chi connectivity index (χ2v) is 8.49. The highest BCUT2D eigenvalue weighted by molar-refractivity contribution is 5.97. The molecule has 1 saturated heterocycles. The Labute approximate surface area is 176 Å². The highest BCUT2D eigenvalue weighted by Crippen LogP contribution is 2.33. The molecule has 3 rings (SSSR count). The zero-order chi connectivity index (χ0) is 20.4. The fourth-order valence-electron chi connectivity index (χ4n) is 4.39. The van der Waals surface area contributed by atoms with Crippen molar-refractivity contribution in [2.45, 2.75) is 76.7 Å². The topological polar surface area (TPSA) is 50.8 Å². The van der Waals surface area contributed by atoms with Gasteiger partial charge in [-0.15, -0.1) is 0 Å². The zero-order valence-electron chi connectivity index (χ0n) is 18.1. The molecule has 1 aromatic carbocycles. The smallest absolute Gasteiger partial charge is 0.256 e. The van der Waals surface area contributed by atoms with Crippen LogP contribution in [0, 0.1) is 0 Å². The number of nitrogens with zero attached hydrogens (tertiary/aromatic N) is 1. The van der Waals surface area contributed by atoms with Gasteiger partial charge in [0.1, 0.15) is 18.0 Å². The Hall–Kier alpha value is -1.59. The van der Waals surface area contributed by atoms with Crippen molar-refractivity contribution in [3.8, 4) is 5.75 Å². The summed E-state index contributed by atoms with van der Waals surface area (Å²) in [6.45, 7) is 6.79. The van der Waals surface area contributed by atoms with Crippen molar-refractivity contribution >= 4 is 11.6 Å². The SMILES string of the molecule is CCCOC1(C(=O)Nc2ccc(OCCN3CCCCCC3)cc2)CCCCC1. The van der Waals surface area contributed by atoms with Gasteiger partial charge in [0.2, 0.25) is 0 Å². The lowest BCUT2D eigenvalue weighted by Gasteiger charge is -2.35. The lowest BCUT2D eigenvalue weighted by Crippen LogP contribution is -2.47. The van der Waals surface area contributed by atoms with Gasteiger partial charge in [-0.05, 0) is 69.5 Å². The van der Waals surface area contributed by atoms with Crippen molar-refractivity contribution in [3.63, 3.8) is 0 Å². The Balaban J connectivity index is 1.48. The monoisotopic (exact) mass is 402 g/mol. The van der Waals surface area contributed by atoms with Gasteiger partial charge >= 0.3 is 0 Å². The molecule has 0 unspecified atom stereocenters. The summed E-state index contributed by atoms with van der Waals surface area (Å²) in [7, 11) is 0. The van der Waals surface area contributed by atoms with Gasteiger partial charge in [-0.3, -0.25) is 9.69 Å². The molecule has 0 bridgehead atoms. The van der Waals surface area contributed by atoms with E-state index >= 15 is 0 Å². The summed E-state index contributed by atoms with van der Waals surface area (Å²) in [6.07, 6.45) is 11.2. The first-order valence-corrected chi connectivity index (χ1v) is 11.6. The molecule has 0 atom stereocenters. The highest BCUT2D eigenvalue weighted by atomic mass is 16.5. The predicted molar refractivity (Wildman–Crippen MR) is 118 cm³/mol. The number of likely N-dealkylation sites (tertiary alicyclic amines) is 1. The minimum Gasteiger partial charge on any atom is -0.492 e.